The smallest absolute Gasteiger partial charge is 0.340 e. The number of pyridine rings is 1. The summed E-state index contributed by atoms with van der Waals surface area (Å²) < 4.78 is 29.0. The van der Waals surface area contributed by atoms with Crippen LogP contribution in [0.5, 0.6) is 0 Å². The van der Waals surface area contributed by atoms with Crippen LogP contribution in [0.15, 0.2) is 6.07 Å². The SMILES string of the molecule is COC(=O)c1cc(C(F)F)nc(Cl)c1N. The molecular formula is C8H7ClF2N2O2. The van der Waals surface area contributed by atoms with Gasteiger partial charge >= 0.3 is 5.97 Å². The van der Waals surface area contributed by atoms with Crippen LogP contribution >= 0.6 is 11.6 Å². The molecule has 0 aliphatic carbocycles. The third-order valence-corrected chi connectivity index (χ3v) is 1.95. The van der Waals surface area contributed by atoms with Crippen LogP contribution < -0.4 is 5.73 Å². The first-order chi connectivity index (χ1) is 6.97. The number of hydrogen-bond acceptors (Lipinski definition) is 4. The molecule has 2 N–H and O–H groups in total. The maximum Gasteiger partial charge on any atom is 0.340 e. The van der Waals surface area contributed by atoms with Crippen molar-refractivity contribution in [2.75, 3.05) is 12.8 Å². The predicted molar refractivity (Wildman–Crippen MR) is 50.0 cm³/mol. The van der Waals surface area contributed by atoms with Crippen molar-refractivity contribution in [2.24, 2.45) is 0 Å². The number of aromatic nitrogens is 1. The Morgan fingerprint density at radius 1 is 1.67 bits per heavy atom. The molecule has 0 saturated carbocycles. The lowest BCUT2D eigenvalue weighted by atomic mass is 10.2. The fraction of sp³-hybridized carbons (Fsp3) is 0.250. The van der Waals surface area contributed by atoms with Crippen molar-refractivity contribution in [1.29, 1.82) is 0 Å². The Bertz CT molecular complexity index is 398. The molecule has 0 saturated heterocycles. The number of hydrogen-bond donors (Lipinski definition) is 1. The number of nitrogens with two attached hydrogens (primary N) is 1. The molecule has 1 aromatic heterocycles. The largest absolute Gasteiger partial charge is 0.465 e. The molecule has 0 aliphatic rings. The molecule has 4 nitrogen and oxygen atoms in total. The first-order valence-corrected chi connectivity index (χ1v) is 4.17. The molecule has 0 aliphatic heterocycles. The van der Waals surface area contributed by atoms with Gasteiger partial charge in [-0.05, 0) is 6.07 Å². The molecule has 0 radical (unpaired) electrons. The number of rotatable bonds is 2. The Balaban J connectivity index is 3.31. The number of alkyl halides is 2. The lowest BCUT2D eigenvalue weighted by Crippen LogP contribution is -2.08. The molecule has 0 amide bonds. The van der Waals surface area contributed by atoms with Gasteiger partial charge in [-0.1, -0.05) is 11.6 Å². The number of carbonyl (C=O) groups excluding carboxylic acids is 1. The topological polar surface area (TPSA) is 65.2 Å². The van der Waals surface area contributed by atoms with Crippen LogP contribution in [0.2, 0.25) is 5.15 Å². The molecule has 0 unspecified atom stereocenters. The molecule has 1 aromatic rings. The molecule has 1 heterocycles. The van der Waals surface area contributed by atoms with Gasteiger partial charge in [-0.15, -0.1) is 0 Å². The first kappa shape index (κ1) is 11.6. The number of halogens is 3. The summed E-state index contributed by atoms with van der Waals surface area (Å²) in [7, 11) is 1.11. The summed E-state index contributed by atoms with van der Waals surface area (Å²) in [5.74, 6) is -0.835. The molecule has 7 heteroatoms. The lowest BCUT2D eigenvalue weighted by Gasteiger charge is -2.07. The van der Waals surface area contributed by atoms with Gasteiger partial charge in [0, 0.05) is 0 Å². The Morgan fingerprint density at radius 2 is 2.27 bits per heavy atom. The quantitative estimate of drug-likeness (QED) is 0.630. The van der Waals surface area contributed by atoms with Gasteiger partial charge in [0.15, 0.2) is 5.15 Å². The van der Waals surface area contributed by atoms with E-state index in [0.29, 0.717) is 0 Å². The number of methoxy groups -OCH3 is 1. The van der Waals surface area contributed by atoms with Crippen molar-refractivity contribution in [2.45, 2.75) is 6.43 Å². The van der Waals surface area contributed by atoms with E-state index in [-0.39, 0.29) is 16.4 Å². The van der Waals surface area contributed by atoms with Gasteiger partial charge in [0.2, 0.25) is 0 Å². The lowest BCUT2D eigenvalue weighted by molar-refractivity contribution is 0.0601. The monoisotopic (exact) mass is 236 g/mol. The molecule has 0 bridgehead atoms. The Hall–Kier alpha value is -1.43. The summed E-state index contributed by atoms with van der Waals surface area (Å²) in [6.07, 6.45) is -2.83. The van der Waals surface area contributed by atoms with Crippen LogP contribution in [0.3, 0.4) is 0 Å². The highest BCUT2D eigenvalue weighted by atomic mass is 35.5. The van der Waals surface area contributed by atoms with E-state index in [1.165, 1.54) is 0 Å². The van der Waals surface area contributed by atoms with Crippen LogP contribution in [0.1, 0.15) is 22.5 Å². The maximum absolute atomic E-state index is 12.3. The highest BCUT2D eigenvalue weighted by Gasteiger charge is 2.19. The second kappa shape index (κ2) is 4.39. The van der Waals surface area contributed by atoms with E-state index in [9.17, 15) is 13.6 Å². The zero-order valence-electron chi connectivity index (χ0n) is 7.63. The normalized spacial score (nSPS) is 10.5. The van der Waals surface area contributed by atoms with Crippen LogP contribution in [0.25, 0.3) is 0 Å². The number of esters is 1. The molecule has 82 valence electrons. The van der Waals surface area contributed by atoms with Crippen molar-refractivity contribution in [3.63, 3.8) is 0 Å². The van der Waals surface area contributed by atoms with Gasteiger partial charge in [-0.2, -0.15) is 0 Å². The van der Waals surface area contributed by atoms with E-state index in [4.69, 9.17) is 17.3 Å². The number of carbonyl (C=O) groups is 1. The van der Waals surface area contributed by atoms with Crippen molar-refractivity contribution in [3.05, 3.63) is 22.5 Å². The number of anilines is 1. The highest BCUT2D eigenvalue weighted by molar-refractivity contribution is 6.32. The fourth-order valence-corrected chi connectivity index (χ4v) is 1.13. The Morgan fingerprint density at radius 3 is 2.73 bits per heavy atom. The van der Waals surface area contributed by atoms with E-state index < -0.39 is 18.1 Å². The molecule has 1 rings (SSSR count). The summed E-state index contributed by atoms with van der Waals surface area (Å²) in [6.45, 7) is 0. The summed E-state index contributed by atoms with van der Waals surface area (Å²) in [5, 5.41) is -0.340. The molecule has 0 aromatic carbocycles. The van der Waals surface area contributed by atoms with Crippen LogP contribution in [0.4, 0.5) is 14.5 Å². The van der Waals surface area contributed by atoms with Crippen molar-refractivity contribution in [1.82, 2.24) is 4.98 Å². The zero-order valence-corrected chi connectivity index (χ0v) is 8.39. The maximum atomic E-state index is 12.3. The molecule has 15 heavy (non-hydrogen) atoms. The zero-order chi connectivity index (χ0) is 11.6. The molecular weight excluding hydrogens is 230 g/mol. The minimum atomic E-state index is -2.83. The summed E-state index contributed by atoms with van der Waals surface area (Å²) in [6, 6.07) is 0.859. The number of nitrogens with zero attached hydrogens (tertiary/aromatic N) is 1. The Labute approximate surface area is 89.0 Å². The fourth-order valence-electron chi connectivity index (χ4n) is 0.933. The Kier molecular flexibility index (Phi) is 3.41. The first-order valence-electron chi connectivity index (χ1n) is 3.79. The van der Waals surface area contributed by atoms with E-state index in [1.54, 1.807) is 0 Å². The van der Waals surface area contributed by atoms with E-state index >= 15 is 0 Å². The van der Waals surface area contributed by atoms with Gasteiger partial charge in [0.1, 0.15) is 5.69 Å². The van der Waals surface area contributed by atoms with Crippen molar-refractivity contribution >= 4 is 23.3 Å². The van der Waals surface area contributed by atoms with Gasteiger partial charge in [0.05, 0.1) is 18.4 Å². The van der Waals surface area contributed by atoms with E-state index in [1.807, 2.05) is 0 Å². The minimum Gasteiger partial charge on any atom is -0.465 e. The van der Waals surface area contributed by atoms with E-state index in [2.05, 4.69) is 9.72 Å². The van der Waals surface area contributed by atoms with Gasteiger partial charge in [0.25, 0.3) is 6.43 Å². The minimum absolute atomic E-state index is 0.173. The van der Waals surface area contributed by atoms with Crippen LogP contribution in [0, 0.1) is 0 Å². The molecule has 0 atom stereocenters. The van der Waals surface area contributed by atoms with E-state index in [0.717, 1.165) is 13.2 Å². The third kappa shape index (κ3) is 2.33. The second-order valence-electron chi connectivity index (χ2n) is 2.59. The second-order valence-corrected chi connectivity index (χ2v) is 2.95. The highest BCUT2D eigenvalue weighted by Crippen LogP contribution is 2.27. The van der Waals surface area contributed by atoms with Gasteiger partial charge in [-0.3, -0.25) is 0 Å². The van der Waals surface area contributed by atoms with Gasteiger partial charge < -0.3 is 10.5 Å². The van der Waals surface area contributed by atoms with Crippen LogP contribution in [-0.2, 0) is 4.74 Å². The average Bonchev–Trinajstić information content (AvgIpc) is 2.20. The predicted octanol–water partition coefficient (Wildman–Crippen LogP) is 2.04. The molecule has 0 spiro atoms. The van der Waals surface area contributed by atoms with Gasteiger partial charge in [-0.25, -0.2) is 18.6 Å². The average molecular weight is 237 g/mol. The third-order valence-electron chi connectivity index (χ3n) is 1.66. The summed E-state index contributed by atoms with van der Waals surface area (Å²) >= 11 is 5.49. The number of nitrogen functional groups attached to an aromatic ring is 1. The summed E-state index contributed by atoms with van der Waals surface area (Å²) in [4.78, 5) is 14.5. The standard InChI is InChI=1S/C8H7ClF2N2O2/c1-15-8(14)3-2-4(7(10)11)13-6(9)5(3)12/h2,7H,12H2,1H3. The van der Waals surface area contributed by atoms with Crippen LogP contribution in [-0.4, -0.2) is 18.1 Å². The summed E-state index contributed by atoms with van der Waals surface area (Å²) in [5.41, 5.74) is 4.38. The van der Waals surface area contributed by atoms with Crippen molar-refractivity contribution in [3.8, 4) is 0 Å². The van der Waals surface area contributed by atoms with Crippen molar-refractivity contribution < 1.29 is 18.3 Å². The molecule has 0 fully saturated rings. The number of ether oxygens (including phenoxy) is 1.